The number of nitrogens with zero attached hydrogens (tertiary/aromatic N) is 2. The Labute approximate surface area is 200 Å². The van der Waals surface area contributed by atoms with E-state index < -0.39 is 27.5 Å². The molecule has 3 rings (SSSR count). The Bertz CT molecular complexity index is 1370. The second-order valence-corrected chi connectivity index (χ2v) is 10.1. The first-order valence-corrected chi connectivity index (χ1v) is 12.9. The second-order valence-electron chi connectivity index (χ2n) is 7.16. The van der Waals surface area contributed by atoms with Gasteiger partial charge in [-0.1, -0.05) is 13.8 Å². The van der Waals surface area contributed by atoms with Gasteiger partial charge in [-0.05, 0) is 43.7 Å². The van der Waals surface area contributed by atoms with Crippen molar-refractivity contribution in [1.82, 2.24) is 14.3 Å². The highest BCUT2D eigenvalue weighted by Gasteiger charge is 2.23. The summed E-state index contributed by atoms with van der Waals surface area (Å²) in [5.41, 5.74) is 0.181. The van der Waals surface area contributed by atoms with Crippen molar-refractivity contribution in [1.29, 1.82) is 0 Å². The third-order valence-corrected chi connectivity index (χ3v) is 8.31. The van der Waals surface area contributed by atoms with Gasteiger partial charge in [-0.2, -0.15) is 4.31 Å². The van der Waals surface area contributed by atoms with Crippen molar-refractivity contribution < 1.29 is 27.5 Å². The number of hydrogen-bond donors (Lipinski definition) is 1. The van der Waals surface area contributed by atoms with Gasteiger partial charge in [0.1, 0.15) is 22.1 Å². The average Bonchev–Trinajstić information content (AvgIpc) is 3.15. The van der Waals surface area contributed by atoms with Crippen molar-refractivity contribution in [2.75, 3.05) is 19.7 Å². The summed E-state index contributed by atoms with van der Waals surface area (Å²) in [4.78, 5) is 44.6. The van der Waals surface area contributed by atoms with Crippen molar-refractivity contribution in [2.45, 2.75) is 39.2 Å². The number of esters is 2. The predicted octanol–water partition coefficient (Wildman–Crippen LogP) is 2.86. The number of hydrogen-bond acceptors (Lipinski definition) is 9. The van der Waals surface area contributed by atoms with Gasteiger partial charge in [0.15, 0.2) is 0 Å². The number of carbonyl (C=O) groups excluding carboxylic acids is 2. The molecule has 0 radical (unpaired) electrons. The van der Waals surface area contributed by atoms with Crippen LogP contribution in [0.5, 0.6) is 0 Å². The molecule has 3 aromatic rings. The topological polar surface area (TPSA) is 136 Å². The third kappa shape index (κ3) is 5.03. The number of H-pyrrole nitrogens is 1. The summed E-state index contributed by atoms with van der Waals surface area (Å²) in [5, 5.41) is 0.285. The van der Waals surface area contributed by atoms with Crippen molar-refractivity contribution in [3.05, 3.63) is 56.4 Å². The Hall–Kier alpha value is -3.09. The van der Waals surface area contributed by atoms with Gasteiger partial charge in [0, 0.05) is 13.1 Å². The average molecular weight is 508 g/mol. The summed E-state index contributed by atoms with van der Waals surface area (Å²) in [5.74, 6) is -1.12. The lowest BCUT2D eigenvalue weighted by atomic mass is 10.2. The molecule has 0 fully saturated rings. The number of ether oxygens (including phenoxy) is 2. The molecule has 0 amide bonds. The highest BCUT2D eigenvalue weighted by Crippen LogP contribution is 2.27. The van der Waals surface area contributed by atoms with Gasteiger partial charge < -0.3 is 14.5 Å². The summed E-state index contributed by atoms with van der Waals surface area (Å²) >= 11 is 1.03. The summed E-state index contributed by atoms with van der Waals surface area (Å²) < 4.78 is 36.7. The molecular weight excluding hydrogens is 482 g/mol. The van der Waals surface area contributed by atoms with E-state index in [1.54, 1.807) is 27.7 Å². The zero-order chi connectivity index (χ0) is 25.0. The van der Waals surface area contributed by atoms with Crippen LogP contribution in [0.4, 0.5) is 0 Å². The normalized spacial score (nSPS) is 11.7. The van der Waals surface area contributed by atoms with Crippen molar-refractivity contribution in [3.63, 3.8) is 0 Å². The number of carbonyl (C=O) groups is 2. The van der Waals surface area contributed by atoms with Crippen LogP contribution in [0, 0.1) is 6.92 Å². The van der Waals surface area contributed by atoms with Crippen LogP contribution in [0.3, 0.4) is 0 Å². The summed E-state index contributed by atoms with van der Waals surface area (Å²) in [6.45, 7) is 7.40. The predicted molar refractivity (Wildman–Crippen MR) is 127 cm³/mol. The van der Waals surface area contributed by atoms with Crippen LogP contribution >= 0.6 is 11.3 Å². The van der Waals surface area contributed by atoms with E-state index in [1.165, 1.54) is 28.6 Å². The number of rotatable bonds is 9. The molecule has 1 N–H and O–H groups in total. The maximum absolute atomic E-state index is 12.6. The lowest BCUT2D eigenvalue weighted by Gasteiger charge is -2.18. The molecule has 182 valence electrons. The first-order valence-electron chi connectivity index (χ1n) is 10.6. The lowest BCUT2D eigenvalue weighted by Crippen LogP contribution is -2.30. The molecule has 0 bridgehead atoms. The van der Waals surface area contributed by atoms with Crippen LogP contribution in [0.25, 0.3) is 10.2 Å². The Balaban J connectivity index is 1.76. The van der Waals surface area contributed by atoms with Crippen molar-refractivity contribution in [2.24, 2.45) is 0 Å². The minimum Gasteiger partial charge on any atom is -0.462 e. The van der Waals surface area contributed by atoms with E-state index in [0.29, 0.717) is 28.4 Å². The molecule has 1 aromatic carbocycles. The number of aromatic amines is 1. The molecule has 0 saturated heterocycles. The molecule has 0 saturated carbocycles. The third-order valence-electron chi connectivity index (χ3n) is 5.08. The Morgan fingerprint density at radius 3 is 2.29 bits per heavy atom. The maximum Gasteiger partial charge on any atom is 0.348 e. The SMILES string of the molecule is CCOC(=O)c1sc2nc(COC(=O)c3ccc(S(=O)(=O)N(CC)CC)cc3)[nH]c(=O)c2c1C. The Kier molecular flexibility index (Phi) is 7.85. The molecule has 2 aromatic heterocycles. The van der Waals surface area contributed by atoms with E-state index in [1.807, 2.05) is 0 Å². The van der Waals surface area contributed by atoms with E-state index in [2.05, 4.69) is 9.97 Å². The van der Waals surface area contributed by atoms with Gasteiger partial charge in [0.05, 0.1) is 22.5 Å². The number of sulfonamides is 1. The quantitative estimate of drug-likeness (QED) is 0.437. The van der Waals surface area contributed by atoms with Gasteiger partial charge in [-0.25, -0.2) is 23.0 Å². The summed E-state index contributed by atoms with van der Waals surface area (Å²) in [6, 6.07) is 5.43. The van der Waals surface area contributed by atoms with E-state index in [0.717, 1.165) is 11.3 Å². The molecule has 0 aliphatic heterocycles. The fraction of sp³-hybridized carbons (Fsp3) is 0.364. The number of benzene rings is 1. The van der Waals surface area contributed by atoms with Crippen LogP contribution in [0.1, 0.15) is 52.2 Å². The van der Waals surface area contributed by atoms with Crippen LogP contribution in [-0.4, -0.2) is 54.3 Å². The number of aromatic nitrogens is 2. The standard InChI is InChI=1S/C22H25N3O7S2/c1-5-25(6-2)34(29,30)15-10-8-14(9-11-15)21(27)32-12-16-23-19(26)17-13(4)18(22(28)31-7-3)33-20(17)24-16/h8-11H,5-7,12H2,1-4H3,(H,23,24,26). The zero-order valence-corrected chi connectivity index (χ0v) is 20.8. The van der Waals surface area contributed by atoms with Gasteiger partial charge in [-0.15, -0.1) is 11.3 Å². The first-order chi connectivity index (χ1) is 16.1. The van der Waals surface area contributed by atoms with Gasteiger partial charge in [-0.3, -0.25) is 4.79 Å². The van der Waals surface area contributed by atoms with Crippen LogP contribution in [-0.2, 0) is 26.1 Å². The maximum atomic E-state index is 12.6. The molecule has 10 nitrogen and oxygen atoms in total. The monoisotopic (exact) mass is 507 g/mol. The van der Waals surface area contributed by atoms with E-state index in [4.69, 9.17) is 9.47 Å². The summed E-state index contributed by atoms with van der Waals surface area (Å²) in [6.07, 6.45) is 0. The highest BCUT2D eigenvalue weighted by atomic mass is 32.2. The summed E-state index contributed by atoms with van der Waals surface area (Å²) in [7, 11) is -3.64. The smallest absolute Gasteiger partial charge is 0.348 e. The molecule has 0 aliphatic rings. The van der Waals surface area contributed by atoms with Crippen LogP contribution < -0.4 is 5.56 Å². The number of nitrogens with one attached hydrogen (secondary N) is 1. The van der Waals surface area contributed by atoms with Crippen LogP contribution in [0.2, 0.25) is 0 Å². The second kappa shape index (κ2) is 10.5. The van der Waals surface area contributed by atoms with Crippen molar-refractivity contribution >= 4 is 43.5 Å². The largest absolute Gasteiger partial charge is 0.462 e. The Morgan fingerprint density at radius 2 is 1.71 bits per heavy atom. The van der Waals surface area contributed by atoms with Gasteiger partial charge in [0.2, 0.25) is 10.0 Å². The van der Waals surface area contributed by atoms with Crippen LogP contribution in [0.15, 0.2) is 34.0 Å². The minimum absolute atomic E-state index is 0.0784. The van der Waals surface area contributed by atoms with Gasteiger partial charge in [0.25, 0.3) is 5.56 Å². The fourth-order valence-corrected chi connectivity index (χ4v) is 5.89. The number of thiophene rings is 1. The van der Waals surface area contributed by atoms with Crippen molar-refractivity contribution in [3.8, 4) is 0 Å². The van der Waals surface area contributed by atoms with E-state index in [9.17, 15) is 22.8 Å². The number of fused-ring (bicyclic) bond motifs is 1. The molecule has 0 aliphatic carbocycles. The highest BCUT2D eigenvalue weighted by molar-refractivity contribution is 7.89. The fourth-order valence-electron chi connectivity index (χ4n) is 3.34. The molecule has 12 heteroatoms. The molecule has 2 heterocycles. The molecule has 0 spiro atoms. The number of aryl methyl sites for hydroxylation is 1. The van der Waals surface area contributed by atoms with E-state index >= 15 is 0 Å². The van der Waals surface area contributed by atoms with Gasteiger partial charge >= 0.3 is 11.9 Å². The molecule has 34 heavy (non-hydrogen) atoms. The first kappa shape index (κ1) is 25.5. The zero-order valence-electron chi connectivity index (χ0n) is 19.2. The molecule has 0 atom stereocenters. The van der Waals surface area contributed by atoms with E-state index in [-0.39, 0.29) is 34.9 Å². The Morgan fingerprint density at radius 1 is 1.06 bits per heavy atom. The minimum atomic E-state index is -3.64. The lowest BCUT2D eigenvalue weighted by molar-refractivity contribution is 0.0461. The molecular formula is C22H25N3O7S2. The molecule has 0 unspecified atom stereocenters.